The largest absolute Gasteiger partial charge is 0.383 e. The molecule has 2 heterocycles. The van der Waals surface area contributed by atoms with Gasteiger partial charge in [-0.05, 0) is 31.0 Å². The van der Waals surface area contributed by atoms with Crippen LogP contribution in [0.1, 0.15) is 23.2 Å². The molecule has 1 saturated heterocycles. The van der Waals surface area contributed by atoms with E-state index < -0.39 is 0 Å². The van der Waals surface area contributed by atoms with Crippen LogP contribution in [0.5, 0.6) is 0 Å². The number of rotatable bonds is 8. The van der Waals surface area contributed by atoms with E-state index in [-0.39, 0.29) is 30.1 Å². The second-order valence-corrected chi connectivity index (χ2v) is 6.80. The summed E-state index contributed by atoms with van der Waals surface area (Å²) in [5.74, 6) is -0.164. The molecule has 0 spiro atoms. The van der Waals surface area contributed by atoms with Gasteiger partial charge >= 0.3 is 0 Å². The number of carbonyl (C=O) groups is 2. The second kappa shape index (κ2) is 11.0. The van der Waals surface area contributed by atoms with Crippen molar-refractivity contribution in [1.82, 2.24) is 25.7 Å². The van der Waals surface area contributed by atoms with Gasteiger partial charge in [0.1, 0.15) is 0 Å². The molecule has 1 atom stereocenters. The number of nitrogens with one attached hydrogen (secondary N) is 3. The molecule has 2 aromatic rings. The van der Waals surface area contributed by atoms with Crippen LogP contribution in [0.15, 0.2) is 24.4 Å². The Bertz CT molecular complexity index is 782. The minimum absolute atomic E-state index is 0. The first-order chi connectivity index (χ1) is 13.2. The molecule has 1 aliphatic rings. The summed E-state index contributed by atoms with van der Waals surface area (Å²) in [5, 5.41) is 13.9. The van der Waals surface area contributed by atoms with Crippen LogP contribution >= 0.6 is 12.4 Å². The molecule has 0 bridgehead atoms. The minimum atomic E-state index is -0.153. The Labute approximate surface area is 170 Å². The maximum atomic E-state index is 12.8. The standard InChI is InChI=1S/C19H27N5O3.ClH/c1-27-10-8-20-6-7-21-18(25)15-3-2-9-24(13-15)19(26)14-4-5-17-16(11-14)12-22-23-17;/h4-5,11-12,15,20H,2-3,6-10,13H2,1H3,(H,21,25)(H,22,23);1H. The monoisotopic (exact) mass is 409 g/mol. The van der Waals surface area contributed by atoms with Crippen LogP contribution in [0.2, 0.25) is 0 Å². The number of halogens is 1. The third-order valence-corrected chi connectivity index (χ3v) is 4.85. The maximum absolute atomic E-state index is 12.8. The molecule has 2 amide bonds. The molecule has 1 aliphatic heterocycles. The highest BCUT2D eigenvalue weighted by molar-refractivity contribution is 5.98. The zero-order valence-corrected chi connectivity index (χ0v) is 16.9. The van der Waals surface area contributed by atoms with Gasteiger partial charge in [0.25, 0.3) is 5.91 Å². The highest BCUT2D eigenvalue weighted by atomic mass is 35.5. The smallest absolute Gasteiger partial charge is 0.253 e. The van der Waals surface area contributed by atoms with E-state index in [0.717, 1.165) is 30.3 Å². The number of amides is 2. The fraction of sp³-hybridized carbons (Fsp3) is 0.526. The number of nitrogens with zero attached hydrogens (tertiary/aromatic N) is 2. The number of hydrogen-bond donors (Lipinski definition) is 3. The van der Waals surface area contributed by atoms with Crippen LogP contribution in [-0.4, -0.2) is 73.4 Å². The number of H-pyrrole nitrogens is 1. The second-order valence-electron chi connectivity index (χ2n) is 6.80. The van der Waals surface area contributed by atoms with Crippen LogP contribution in [0.4, 0.5) is 0 Å². The van der Waals surface area contributed by atoms with Crippen molar-refractivity contribution < 1.29 is 14.3 Å². The molecule has 0 aliphatic carbocycles. The van der Waals surface area contributed by atoms with Crippen molar-refractivity contribution in [3.63, 3.8) is 0 Å². The number of hydrogen-bond acceptors (Lipinski definition) is 5. The van der Waals surface area contributed by atoms with E-state index in [0.29, 0.717) is 38.3 Å². The first-order valence-electron chi connectivity index (χ1n) is 9.39. The van der Waals surface area contributed by atoms with Gasteiger partial charge in [-0.1, -0.05) is 0 Å². The van der Waals surface area contributed by atoms with Gasteiger partial charge in [-0.25, -0.2) is 0 Å². The lowest BCUT2D eigenvalue weighted by molar-refractivity contribution is -0.126. The number of fused-ring (bicyclic) bond motifs is 1. The van der Waals surface area contributed by atoms with Crippen LogP contribution in [0.3, 0.4) is 0 Å². The number of methoxy groups -OCH3 is 1. The summed E-state index contributed by atoms with van der Waals surface area (Å²) >= 11 is 0. The van der Waals surface area contributed by atoms with Crippen molar-refractivity contribution in [3.8, 4) is 0 Å². The van der Waals surface area contributed by atoms with Crippen LogP contribution in [-0.2, 0) is 9.53 Å². The molecule has 3 N–H and O–H groups in total. The molecule has 1 fully saturated rings. The average molecular weight is 410 g/mol. The lowest BCUT2D eigenvalue weighted by Crippen LogP contribution is -2.46. The van der Waals surface area contributed by atoms with Gasteiger partial charge in [0.2, 0.25) is 5.91 Å². The van der Waals surface area contributed by atoms with Crippen molar-refractivity contribution in [3.05, 3.63) is 30.0 Å². The topological polar surface area (TPSA) is 99.4 Å². The lowest BCUT2D eigenvalue weighted by atomic mass is 9.96. The summed E-state index contributed by atoms with van der Waals surface area (Å²) in [6.45, 7) is 3.84. The summed E-state index contributed by atoms with van der Waals surface area (Å²) in [6.07, 6.45) is 3.36. The Morgan fingerprint density at radius 3 is 3.00 bits per heavy atom. The highest BCUT2D eigenvalue weighted by Crippen LogP contribution is 2.20. The molecule has 1 aromatic carbocycles. The van der Waals surface area contributed by atoms with Gasteiger partial charge in [-0.3, -0.25) is 14.7 Å². The predicted octanol–water partition coefficient (Wildman–Crippen LogP) is 1.19. The van der Waals surface area contributed by atoms with Gasteiger partial charge in [0.15, 0.2) is 0 Å². The fourth-order valence-corrected chi connectivity index (χ4v) is 3.35. The molecule has 28 heavy (non-hydrogen) atoms. The van der Waals surface area contributed by atoms with E-state index in [1.54, 1.807) is 24.3 Å². The number of benzene rings is 1. The van der Waals surface area contributed by atoms with E-state index in [9.17, 15) is 9.59 Å². The number of likely N-dealkylation sites (tertiary alicyclic amines) is 1. The normalized spacial score (nSPS) is 16.6. The molecule has 8 nitrogen and oxygen atoms in total. The van der Waals surface area contributed by atoms with Crippen molar-refractivity contribution in [2.24, 2.45) is 5.92 Å². The molecule has 9 heteroatoms. The molecule has 154 valence electrons. The first-order valence-corrected chi connectivity index (χ1v) is 9.39. The number of aromatic amines is 1. The molecule has 3 rings (SSSR count). The van der Waals surface area contributed by atoms with Gasteiger partial charge < -0.3 is 20.3 Å². The molecule has 1 unspecified atom stereocenters. The number of aromatic nitrogens is 2. The number of carbonyl (C=O) groups excluding carboxylic acids is 2. The highest BCUT2D eigenvalue weighted by Gasteiger charge is 2.28. The Balaban J connectivity index is 0.00000280. The summed E-state index contributed by atoms with van der Waals surface area (Å²) < 4.78 is 4.96. The quantitative estimate of drug-likeness (QED) is 0.569. The number of piperidine rings is 1. The summed E-state index contributed by atoms with van der Waals surface area (Å²) in [4.78, 5) is 27.0. The Hall–Kier alpha value is -2.16. The predicted molar refractivity (Wildman–Crippen MR) is 110 cm³/mol. The first kappa shape index (κ1) is 22.1. The molecular formula is C19H28ClN5O3. The third-order valence-electron chi connectivity index (χ3n) is 4.85. The van der Waals surface area contributed by atoms with Crippen LogP contribution in [0.25, 0.3) is 10.9 Å². The van der Waals surface area contributed by atoms with Crippen molar-refractivity contribution >= 4 is 35.1 Å². The lowest BCUT2D eigenvalue weighted by Gasteiger charge is -2.32. The van der Waals surface area contributed by atoms with E-state index >= 15 is 0 Å². The zero-order chi connectivity index (χ0) is 19.1. The third kappa shape index (κ3) is 5.67. The molecular weight excluding hydrogens is 382 g/mol. The molecule has 0 saturated carbocycles. The van der Waals surface area contributed by atoms with E-state index in [1.807, 2.05) is 12.1 Å². The van der Waals surface area contributed by atoms with Crippen LogP contribution in [0, 0.1) is 5.92 Å². The molecule has 0 radical (unpaired) electrons. The Kier molecular flexibility index (Phi) is 8.69. The minimum Gasteiger partial charge on any atom is -0.383 e. The van der Waals surface area contributed by atoms with E-state index in [2.05, 4.69) is 20.8 Å². The Morgan fingerprint density at radius 2 is 2.18 bits per heavy atom. The maximum Gasteiger partial charge on any atom is 0.253 e. The summed E-state index contributed by atoms with van der Waals surface area (Å²) in [7, 11) is 1.66. The van der Waals surface area contributed by atoms with Crippen LogP contribution < -0.4 is 10.6 Å². The van der Waals surface area contributed by atoms with Crippen molar-refractivity contribution in [2.45, 2.75) is 12.8 Å². The fourth-order valence-electron chi connectivity index (χ4n) is 3.35. The van der Waals surface area contributed by atoms with Crippen molar-refractivity contribution in [1.29, 1.82) is 0 Å². The summed E-state index contributed by atoms with van der Waals surface area (Å²) in [5.41, 5.74) is 1.54. The SMILES string of the molecule is COCCNCCNC(=O)C1CCCN(C(=O)c2ccc3[nH]ncc3c2)C1.Cl. The van der Waals surface area contributed by atoms with E-state index in [1.165, 1.54) is 0 Å². The van der Waals surface area contributed by atoms with Gasteiger partial charge in [0, 0.05) is 50.8 Å². The zero-order valence-electron chi connectivity index (χ0n) is 16.1. The van der Waals surface area contributed by atoms with Gasteiger partial charge in [-0.15, -0.1) is 12.4 Å². The summed E-state index contributed by atoms with van der Waals surface area (Å²) in [6, 6.07) is 5.51. The molecule has 1 aromatic heterocycles. The Morgan fingerprint density at radius 1 is 1.32 bits per heavy atom. The van der Waals surface area contributed by atoms with Crippen molar-refractivity contribution in [2.75, 3.05) is 46.4 Å². The van der Waals surface area contributed by atoms with Gasteiger partial charge in [0.05, 0.1) is 24.2 Å². The van der Waals surface area contributed by atoms with Gasteiger partial charge in [-0.2, -0.15) is 5.10 Å². The number of ether oxygens (including phenoxy) is 1. The average Bonchev–Trinajstić information content (AvgIpc) is 3.17. The van der Waals surface area contributed by atoms with E-state index in [4.69, 9.17) is 4.74 Å².